The largest absolute Gasteiger partial charge is 0.388 e. The van der Waals surface area contributed by atoms with E-state index in [2.05, 4.69) is 19.2 Å². The van der Waals surface area contributed by atoms with Gasteiger partial charge in [0, 0.05) is 46.3 Å². The number of amides is 2. The minimum atomic E-state index is -1.17. The van der Waals surface area contributed by atoms with Crippen LogP contribution in [0.15, 0.2) is 0 Å². The van der Waals surface area contributed by atoms with Gasteiger partial charge in [0.2, 0.25) is 11.8 Å². The quantitative estimate of drug-likeness (QED) is 0.543. The van der Waals surface area contributed by atoms with Gasteiger partial charge in [-0.3, -0.25) is 9.59 Å². The number of carbonyl (C=O) groups excluding carboxylic acids is 2. The molecule has 2 saturated heterocycles. The maximum atomic E-state index is 13.2. The molecule has 0 aromatic heterocycles. The Hall–Kier alpha value is -1.26. The summed E-state index contributed by atoms with van der Waals surface area (Å²) in [7, 11) is 0. The Morgan fingerprint density at radius 3 is 2.52 bits per heavy atom. The zero-order valence-electron chi connectivity index (χ0n) is 20.7. The van der Waals surface area contributed by atoms with Gasteiger partial charge in [0.25, 0.3) is 0 Å². The second-order valence-electron chi connectivity index (χ2n) is 9.72. The maximum absolute atomic E-state index is 13.2. The van der Waals surface area contributed by atoms with Crippen LogP contribution in [0.2, 0.25) is 0 Å². The number of ether oxygens (including phenoxy) is 2. The van der Waals surface area contributed by atoms with Crippen molar-refractivity contribution >= 4 is 11.8 Å². The van der Waals surface area contributed by atoms with Gasteiger partial charge >= 0.3 is 0 Å². The van der Waals surface area contributed by atoms with Gasteiger partial charge in [-0.1, -0.05) is 20.3 Å². The average Bonchev–Trinajstić information content (AvgIpc) is 2.79. The first-order chi connectivity index (χ1) is 15.8. The molecule has 0 aromatic carbocycles. The van der Waals surface area contributed by atoms with Gasteiger partial charge < -0.3 is 34.8 Å². The van der Waals surface area contributed by atoms with Crippen LogP contribution in [-0.2, 0) is 19.1 Å². The lowest BCUT2D eigenvalue weighted by molar-refractivity contribution is -0.142. The van der Waals surface area contributed by atoms with Crippen molar-refractivity contribution in [3.8, 4) is 0 Å². The van der Waals surface area contributed by atoms with E-state index in [9.17, 15) is 19.8 Å². The summed E-state index contributed by atoms with van der Waals surface area (Å²) in [4.78, 5) is 29.0. The van der Waals surface area contributed by atoms with Crippen LogP contribution in [-0.4, -0.2) is 109 Å². The monoisotopic (exact) mass is 471 g/mol. The summed E-state index contributed by atoms with van der Waals surface area (Å²) in [6.07, 6.45) is 2.29. The highest BCUT2D eigenvalue weighted by Crippen LogP contribution is 2.14. The van der Waals surface area contributed by atoms with Gasteiger partial charge in [-0.05, 0) is 44.6 Å². The third-order valence-electron chi connectivity index (χ3n) is 6.46. The van der Waals surface area contributed by atoms with E-state index in [-0.39, 0.29) is 31.0 Å². The average molecular weight is 472 g/mol. The summed E-state index contributed by atoms with van der Waals surface area (Å²) in [6, 6.07) is -0.163. The van der Waals surface area contributed by atoms with E-state index < -0.39 is 18.3 Å². The summed E-state index contributed by atoms with van der Waals surface area (Å²) >= 11 is 0. The summed E-state index contributed by atoms with van der Waals surface area (Å²) < 4.78 is 11.5. The van der Waals surface area contributed by atoms with E-state index in [0.717, 1.165) is 45.1 Å². The SMILES string of the molecule is CC(=O)N1CCN(C(=O)[C@@H]2CCCCN2)CCCCOC[C@@H](O)[C@@H](O)[C@H](OCCC(C)C)C1. The molecular formula is C24H45N3O6. The molecule has 192 valence electrons. The van der Waals surface area contributed by atoms with Crippen LogP contribution in [0.5, 0.6) is 0 Å². The summed E-state index contributed by atoms with van der Waals surface area (Å²) in [5, 5.41) is 24.5. The van der Waals surface area contributed by atoms with E-state index in [0.29, 0.717) is 38.8 Å². The molecule has 0 unspecified atom stereocenters. The summed E-state index contributed by atoms with van der Waals surface area (Å²) in [5.74, 6) is 0.373. The third-order valence-corrected chi connectivity index (χ3v) is 6.46. The van der Waals surface area contributed by atoms with E-state index in [1.165, 1.54) is 6.92 Å². The molecule has 0 aliphatic carbocycles. The Bertz CT molecular complexity index is 585. The Balaban J connectivity index is 2.12. The van der Waals surface area contributed by atoms with Crippen molar-refractivity contribution in [1.29, 1.82) is 0 Å². The molecule has 2 amide bonds. The lowest BCUT2D eigenvalue weighted by Crippen LogP contribution is -2.53. The first kappa shape index (κ1) is 28.0. The minimum absolute atomic E-state index is 0.0000818. The van der Waals surface area contributed by atoms with Gasteiger partial charge in [-0.25, -0.2) is 0 Å². The Labute approximate surface area is 198 Å². The van der Waals surface area contributed by atoms with Crippen LogP contribution < -0.4 is 5.32 Å². The van der Waals surface area contributed by atoms with Crippen LogP contribution in [0.25, 0.3) is 0 Å². The molecule has 2 rings (SSSR count). The third kappa shape index (κ3) is 9.86. The standard InChI is InChI=1S/C24H45N3O6/c1-18(2)9-15-33-22-16-27(19(3)28)13-12-26(24(31)20-8-4-5-10-25-20)11-6-7-14-32-17-21(29)23(22)30/h18,20-23,25,29-30H,4-17H2,1-3H3/t20-,21+,22+,23+/m0/s1. The number of hydrogen-bond donors (Lipinski definition) is 3. The highest BCUT2D eigenvalue weighted by Gasteiger charge is 2.31. The number of aliphatic hydroxyl groups excluding tert-OH is 2. The molecule has 33 heavy (non-hydrogen) atoms. The normalized spacial score (nSPS) is 29.0. The number of aliphatic hydroxyl groups is 2. The highest BCUT2D eigenvalue weighted by molar-refractivity contribution is 5.82. The van der Waals surface area contributed by atoms with Crippen LogP contribution in [0.4, 0.5) is 0 Å². The number of rotatable bonds is 5. The Kier molecular flexibility index (Phi) is 12.6. The molecule has 2 fully saturated rings. The van der Waals surface area contributed by atoms with Crippen molar-refractivity contribution in [2.75, 3.05) is 52.5 Å². The molecule has 0 radical (unpaired) electrons. The molecule has 2 aliphatic heterocycles. The van der Waals surface area contributed by atoms with Crippen molar-refractivity contribution in [1.82, 2.24) is 15.1 Å². The van der Waals surface area contributed by atoms with Crippen LogP contribution in [0.1, 0.15) is 59.3 Å². The van der Waals surface area contributed by atoms with Crippen molar-refractivity contribution in [2.24, 2.45) is 5.92 Å². The molecule has 2 heterocycles. The van der Waals surface area contributed by atoms with Gasteiger partial charge in [0.05, 0.1) is 12.6 Å². The molecule has 0 saturated carbocycles. The molecule has 0 aromatic rings. The number of nitrogens with zero attached hydrogens (tertiary/aromatic N) is 2. The molecule has 9 heteroatoms. The first-order valence-corrected chi connectivity index (χ1v) is 12.6. The van der Waals surface area contributed by atoms with Gasteiger partial charge in [0.15, 0.2) is 0 Å². The van der Waals surface area contributed by atoms with Gasteiger partial charge in [-0.2, -0.15) is 0 Å². The zero-order valence-corrected chi connectivity index (χ0v) is 20.7. The van der Waals surface area contributed by atoms with E-state index in [1.807, 2.05) is 4.90 Å². The fourth-order valence-corrected chi connectivity index (χ4v) is 4.22. The smallest absolute Gasteiger partial charge is 0.239 e. The summed E-state index contributed by atoms with van der Waals surface area (Å²) in [6.45, 7) is 8.92. The number of nitrogens with one attached hydrogen (secondary N) is 1. The molecule has 9 nitrogen and oxygen atoms in total. The maximum Gasteiger partial charge on any atom is 0.239 e. The first-order valence-electron chi connectivity index (χ1n) is 12.6. The number of piperidine rings is 1. The number of carbonyl (C=O) groups is 2. The molecule has 2 aliphatic rings. The number of hydrogen-bond acceptors (Lipinski definition) is 7. The highest BCUT2D eigenvalue weighted by atomic mass is 16.5. The van der Waals surface area contributed by atoms with Crippen molar-refractivity contribution in [3.05, 3.63) is 0 Å². The lowest BCUT2D eigenvalue weighted by atomic mass is 10.0. The molecule has 3 N–H and O–H groups in total. The molecule has 0 bridgehead atoms. The van der Waals surface area contributed by atoms with Crippen molar-refractivity contribution in [2.45, 2.75) is 83.6 Å². The molecular weight excluding hydrogens is 426 g/mol. The lowest BCUT2D eigenvalue weighted by Gasteiger charge is -2.35. The van der Waals surface area contributed by atoms with E-state index >= 15 is 0 Å². The second kappa shape index (κ2) is 14.9. The van der Waals surface area contributed by atoms with Crippen LogP contribution in [0.3, 0.4) is 0 Å². The summed E-state index contributed by atoms with van der Waals surface area (Å²) in [5.41, 5.74) is 0. The fourth-order valence-electron chi connectivity index (χ4n) is 4.22. The van der Waals surface area contributed by atoms with Crippen molar-refractivity contribution < 1.29 is 29.3 Å². The van der Waals surface area contributed by atoms with E-state index in [1.54, 1.807) is 4.90 Å². The minimum Gasteiger partial charge on any atom is -0.388 e. The van der Waals surface area contributed by atoms with Crippen LogP contribution in [0, 0.1) is 5.92 Å². The zero-order chi connectivity index (χ0) is 24.2. The molecule has 0 spiro atoms. The van der Waals surface area contributed by atoms with Crippen molar-refractivity contribution in [3.63, 3.8) is 0 Å². The predicted molar refractivity (Wildman–Crippen MR) is 126 cm³/mol. The van der Waals surface area contributed by atoms with Gasteiger partial charge in [0.1, 0.15) is 18.3 Å². The second-order valence-corrected chi connectivity index (χ2v) is 9.72. The predicted octanol–water partition coefficient (Wildman–Crippen LogP) is 0.769. The molecule has 4 atom stereocenters. The topological polar surface area (TPSA) is 112 Å². The Morgan fingerprint density at radius 2 is 1.85 bits per heavy atom. The van der Waals surface area contributed by atoms with Gasteiger partial charge in [-0.15, -0.1) is 0 Å². The van der Waals surface area contributed by atoms with Crippen LogP contribution >= 0.6 is 0 Å². The fraction of sp³-hybridized carbons (Fsp3) is 0.917. The Morgan fingerprint density at radius 1 is 1.09 bits per heavy atom. The van der Waals surface area contributed by atoms with E-state index in [4.69, 9.17) is 9.47 Å².